The number of carbonyl (C=O) groups is 3. The van der Waals surface area contributed by atoms with Crippen LogP contribution >= 0.6 is 0 Å². The highest BCUT2D eigenvalue weighted by Crippen LogP contribution is 2.17. The summed E-state index contributed by atoms with van der Waals surface area (Å²) in [4.78, 5) is 36.9. The SMILES string of the molecule is CCCCCCCCOc1ccc(NC(=O)C(C)N(C(=O)O)C(=O)OCc2ccccc2)cc1. The fraction of sp³-hybridized carbons (Fsp3) is 0.423. The van der Waals surface area contributed by atoms with E-state index in [1.807, 2.05) is 6.07 Å². The summed E-state index contributed by atoms with van der Waals surface area (Å²) in [7, 11) is 0. The van der Waals surface area contributed by atoms with Crippen LogP contribution in [-0.2, 0) is 16.1 Å². The quantitative estimate of drug-likeness (QED) is 0.344. The minimum Gasteiger partial charge on any atom is -0.494 e. The average molecular weight is 471 g/mol. The number of nitrogens with one attached hydrogen (secondary N) is 1. The Bertz CT molecular complexity index is 901. The summed E-state index contributed by atoms with van der Waals surface area (Å²) in [6.45, 7) is 4.05. The molecule has 0 aliphatic rings. The van der Waals surface area contributed by atoms with Gasteiger partial charge in [0.1, 0.15) is 18.4 Å². The number of rotatable bonds is 13. The Labute approximate surface area is 200 Å². The van der Waals surface area contributed by atoms with Crippen molar-refractivity contribution >= 4 is 23.8 Å². The molecule has 0 radical (unpaired) electrons. The summed E-state index contributed by atoms with van der Waals surface area (Å²) in [6.07, 6.45) is 4.42. The molecule has 2 aromatic rings. The van der Waals surface area contributed by atoms with Crippen molar-refractivity contribution < 1.29 is 29.0 Å². The monoisotopic (exact) mass is 470 g/mol. The second kappa shape index (κ2) is 14.6. The number of hydrogen-bond acceptors (Lipinski definition) is 5. The van der Waals surface area contributed by atoms with Crippen LogP contribution in [0.5, 0.6) is 5.75 Å². The van der Waals surface area contributed by atoms with Crippen LogP contribution in [0.3, 0.4) is 0 Å². The molecule has 8 heteroatoms. The fourth-order valence-corrected chi connectivity index (χ4v) is 3.26. The normalized spacial score (nSPS) is 11.4. The number of imide groups is 1. The highest BCUT2D eigenvalue weighted by Gasteiger charge is 2.33. The van der Waals surface area contributed by atoms with E-state index in [1.165, 1.54) is 32.6 Å². The lowest BCUT2D eigenvalue weighted by atomic mass is 10.1. The summed E-state index contributed by atoms with van der Waals surface area (Å²) in [6, 6.07) is 14.4. The Hall–Kier alpha value is -3.55. The van der Waals surface area contributed by atoms with Gasteiger partial charge in [0.15, 0.2) is 0 Å². The molecule has 0 bridgehead atoms. The first kappa shape index (κ1) is 26.7. The van der Waals surface area contributed by atoms with Gasteiger partial charge in [-0.15, -0.1) is 0 Å². The lowest BCUT2D eigenvalue weighted by Crippen LogP contribution is -2.48. The number of carboxylic acid groups (broad SMARTS) is 1. The molecule has 0 aromatic heterocycles. The van der Waals surface area contributed by atoms with Gasteiger partial charge in [0, 0.05) is 5.69 Å². The van der Waals surface area contributed by atoms with Gasteiger partial charge in [0.2, 0.25) is 5.91 Å². The van der Waals surface area contributed by atoms with Gasteiger partial charge in [-0.3, -0.25) is 4.79 Å². The van der Waals surface area contributed by atoms with E-state index >= 15 is 0 Å². The maximum absolute atomic E-state index is 12.6. The van der Waals surface area contributed by atoms with Gasteiger partial charge >= 0.3 is 12.2 Å². The van der Waals surface area contributed by atoms with Crippen molar-refractivity contribution in [3.63, 3.8) is 0 Å². The number of benzene rings is 2. The summed E-state index contributed by atoms with van der Waals surface area (Å²) in [5.74, 6) is 0.0380. The highest BCUT2D eigenvalue weighted by atomic mass is 16.6. The van der Waals surface area contributed by atoms with Gasteiger partial charge in [0.05, 0.1) is 6.61 Å². The van der Waals surface area contributed by atoms with Crippen LogP contribution in [0.1, 0.15) is 57.9 Å². The number of hydrogen-bond donors (Lipinski definition) is 2. The zero-order chi connectivity index (χ0) is 24.8. The topological polar surface area (TPSA) is 105 Å². The molecule has 0 heterocycles. The summed E-state index contributed by atoms with van der Waals surface area (Å²) >= 11 is 0. The predicted octanol–water partition coefficient (Wildman–Crippen LogP) is 6.07. The molecule has 2 rings (SSSR count). The standard InChI is InChI=1S/C26H34N2O6/c1-3-4-5-6-7-11-18-33-23-16-14-22(15-17-23)27-24(29)20(2)28(25(30)31)26(32)34-19-21-12-9-8-10-13-21/h8-10,12-17,20H,3-7,11,18-19H2,1-2H3,(H,27,29)(H,30,31). The van der Waals surface area contributed by atoms with E-state index in [0.717, 1.165) is 12.8 Å². The molecule has 2 N–H and O–H groups in total. The molecule has 3 amide bonds. The molecule has 2 aromatic carbocycles. The molecular weight excluding hydrogens is 436 g/mol. The van der Waals surface area contributed by atoms with Crippen LogP contribution < -0.4 is 10.1 Å². The lowest BCUT2D eigenvalue weighted by molar-refractivity contribution is -0.119. The van der Waals surface area contributed by atoms with Crippen molar-refractivity contribution in [2.45, 2.75) is 65.0 Å². The Kier molecular flexibility index (Phi) is 11.4. The highest BCUT2D eigenvalue weighted by molar-refractivity contribution is 6.00. The van der Waals surface area contributed by atoms with Gasteiger partial charge in [-0.25, -0.2) is 9.59 Å². The van der Waals surface area contributed by atoms with Gasteiger partial charge < -0.3 is 19.9 Å². The van der Waals surface area contributed by atoms with Crippen molar-refractivity contribution in [2.24, 2.45) is 0 Å². The Balaban J connectivity index is 1.82. The van der Waals surface area contributed by atoms with Crippen molar-refractivity contribution in [3.05, 3.63) is 60.2 Å². The van der Waals surface area contributed by atoms with E-state index in [0.29, 0.717) is 28.5 Å². The van der Waals surface area contributed by atoms with Crippen LogP contribution in [0.15, 0.2) is 54.6 Å². The smallest absolute Gasteiger partial charge is 0.420 e. The molecule has 0 fully saturated rings. The molecule has 0 aliphatic heterocycles. The molecule has 34 heavy (non-hydrogen) atoms. The molecule has 0 saturated heterocycles. The largest absolute Gasteiger partial charge is 0.494 e. The number of anilines is 1. The first-order valence-electron chi connectivity index (χ1n) is 11.7. The fourth-order valence-electron chi connectivity index (χ4n) is 3.26. The Morgan fingerprint density at radius 3 is 2.24 bits per heavy atom. The number of nitrogens with zero attached hydrogens (tertiary/aromatic N) is 1. The molecule has 1 unspecified atom stereocenters. The maximum atomic E-state index is 12.6. The zero-order valence-corrected chi connectivity index (χ0v) is 19.9. The third kappa shape index (κ3) is 9.13. The summed E-state index contributed by atoms with van der Waals surface area (Å²) in [5.41, 5.74) is 1.17. The second-order valence-electron chi connectivity index (χ2n) is 8.00. The van der Waals surface area contributed by atoms with E-state index in [9.17, 15) is 19.5 Å². The number of unbranched alkanes of at least 4 members (excludes halogenated alkanes) is 5. The van der Waals surface area contributed by atoms with Crippen molar-refractivity contribution in [1.82, 2.24) is 4.90 Å². The van der Waals surface area contributed by atoms with E-state index in [1.54, 1.807) is 48.5 Å². The van der Waals surface area contributed by atoms with Crippen LogP contribution in [0.2, 0.25) is 0 Å². The molecular formula is C26H34N2O6. The second-order valence-corrected chi connectivity index (χ2v) is 8.00. The van der Waals surface area contributed by atoms with Gasteiger partial charge in [0.25, 0.3) is 0 Å². The number of ether oxygens (including phenoxy) is 2. The Morgan fingerprint density at radius 2 is 1.59 bits per heavy atom. The van der Waals surface area contributed by atoms with Crippen LogP contribution in [0.4, 0.5) is 15.3 Å². The third-order valence-corrected chi connectivity index (χ3v) is 5.26. The van der Waals surface area contributed by atoms with Crippen LogP contribution in [-0.4, -0.2) is 40.7 Å². The van der Waals surface area contributed by atoms with Crippen LogP contribution in [0, 0.1) is 0 Å². The molecule has 184 valence electrons. The molecule has 1 atom stereocenters. The first-order valence-corrected chi connectivity index (χ1v) is 11.7. The van der Waals surface area contributed by atoms with Crippen molar-refractivity contribution in [1.29, 1.82) is 0 Å². The van der Waals surface area contributed by atoms with E-state index in [2.05, 4.69) is 12.2 Å². The minimum absolute atomic E-state index is 0.0992. The maximum Gasteiger partial charge on any atom is 0.420 e. The molecule has 0 aliphatic carbocycles. The van der Waals surface area contributed by atoms with Gasteiger partial charge in [-0.1, -0.05) is 69.4 Å². The summed E-state index contributed by atoms with van der Waals surface area (Å²) in [5, 5.41) is 12.1. The van der Waals surface area contributed by atoms with Crippen molar-refractivity contribution in [2.75, 3.05) is 11.9 Å². The Morgan fingerprint density at radius 1 is 0.941 bits per heavy atom. The van der Waals surface area contributed by atoms with E-state index < -0.39 is 24.1 Å². The molecule has 8 nitrogen and oxygen atoms in total. The number of carbonyl (C=O) groups excluding carboxylic acids is 2. The lowest BCUT2D eigenvalue weighted by Gasteiger charge is -2.23. The molecule has 0 spiro atoms. The summed E-state index contributed by atoms with van der Waals surface area (Å²) < 4.78 is 10.8. The predicted molar refractivity (Wildman–Crippen MR) is 130 cm³/mol. The minimum atomic E-state index is -1.57. The average Bonchev–Trinajstić information content (AvgIpc) is 2.83. The van der Waals surface area contributed by atoms with Crippen LogP contribution in [0.25, 0.3) is 0 Å². The number of amides is 3. The van der Waals surface area contributed by atoms with Crippen molar-refractivity contribution in [3.8, 4) is 5.75 Å². The van der Waals surface area contributed by atoms with Gasteiger partial charge in [-0.2, -0.15) is 4.90 Å². The van der Waals surface area contributed by atoms with E-state index in [4.69, 9.17) is 9.47 Å². The van der Waals surface area contributed by atoms with E-state index in [-0.39, 0.29) is 6.61 Å². The first-order chi connectivity index (χ1) is 16.4. The third-order valence-electron chi connectivity index (χ3n) is 5.26. The zero-order valence-electron chi connectivity index (χ0n) is 19.9. The van der Waals surface area contributed by atoms with Gasteiger partial charge in [-0.05, 0) is 43.2 Å². The molecule has 0 saturated carbocycles.